The average Bonchev–Trinajstić information content (AvgIpc) is 2.53. The molecule has 0 aliphatic carbocycles. The van der Waals surface area contributed by atoms with E-state index in [1.807, 2.05) is 24.3 Å². The fourth-order valence-electron chi connectivity index (χ4n) is 1.70. The van der Waals surface area contributed by atoms with Crippen molar-refractivity contribution in [3.05, 3.63) is 40.8 Å². The Bertz CT molecular complexity index is 281. The third-order valence-electron chi connectivity index (χ3n) is 2.33. The lowest BCUT2D eigenvalue weighted by atomic mass is 10.1. The van der Waals surface area contributed by atoms with Gasteiger partial charge in [0.05, 0.1) is 0 Å². The Balaban J connectivity index is 2.25. The molecule has 0 N–H and O–H groups in total. The summed E-state index contributed by atoms with van der Waals surface area (Å²) in [6.45, 7) is 0.684. The highest BCUT2D eigenvalue weighted by Gasteiger charge is 2.32. The van der Waals surface area contributed by atoms with Gasteiger partial charge >= 0.3 is 0 Å². The second-order valence-electron chi connectivity index (χ2n) is 3.13. The quantitative estimate of drug-likeness (QED) is 0.577. The topological polar surface area (TPSA) is 20.1 Å². The summed E-state index contributed by atoms with van der Waals surface area (Å²) in [6.07, 6.45) is 2.01. The fraction of sp³-hybridized carbons (Fsp3) is 0.400. The molecular weight excluding hydrogens is 150 g/mol. The number of nitroso groups, excluding NO2 is 1. The largest absolute Gasteiger partial charge is 0.226 e. The molecule has 61 valence electrons. The van der Waals surface area contributed by atoms with Gasteiger partial charge in [-0.2, -0.15) is 0 Å². The summed E-state index contributed by atoms with van der Waals surface area (Å²) in [6, 6.07) is 10.7. The first-order chi connectivity index (χ1) is 5.88. The first-order valence-electron chi connectivity index (χ1n) is 4.28. The molecule has 1 aromatic carbocycles. The summed E-state index contributed by atoms with van der Waals surface area (Å²) in [7, 11) is 0. The van der Waals surface area contributed by atoms with Crippen molar-refractivity contribution in [1.82, 2.24) is 0 Å². The third-order valence-corrected chi connectivity index (χ3v) is 2.33. The number of hydrogen-bond acceptors (Lipinski definition) is 1. The number of hydrogen-bond donors (Lipinski definition) is 0. The smallest absolute Gasteiger partial charge is 0.0539 e. The van der Waals surface area contributed by atoms with Gasteiger partial charge in [-0.25, -0.2) is 0 Å². The zero-order valence-corrected chi connectivity index (χ0v) is 6.86. The number of benzene rings is 1. The minimum absolute atomic E-state index is 0.0969. The maximum Gasteiger partial charge on any atom is 0.226 e. The molecule has 1 heterocycles. The average molecular weight is 161 g/mol. The maximum atomic E-state index is 11.3. The highest BCUT2D eigenvalue weighted by molar-refractivity contribution is 5.16. The summed E-state index contributed by atoms with van der Waals surface area (Å²) in [5, 5.41) is 0. The van der Waals surface area contributed by atoms with Crippen molar-refractivity contribution in [3.63, 3.8) is 0 Å². The molecule has 2 nitrogen and oxygen atoms in total. The van der Waals surface area contributed by atoms with Crippen LogP contribution in [0.15, 0.2) is 24.3 Å². The van der Waals surface area contributed by atoms with Crippen LogP contribution in [0.5, 0.6) is 0 Å². The summed E-state index contributed by atoms with van der Waals surface area (Å²) in [5.74, 6) is 0. The SMILES string of the molecule is O=[N+]1CCCC1c1cc[c]cc1. The highest BCUT2D eigenvalue weighted by atomic mass is 16.3. The Morgan fingerprint density at radius 3 is 2.75 bits per heavy atom. The zero-order valence-electron chi connectivity index (χ0n) is 6.86. The second kappa shape index (κ2) is 3.05. The predicted molar refractivity (Wildman–Crippen MR) is 45.7 cm³/mol. The first-order valence-corrected chi connectivity index (χ1v) is 4.28. The molecule has 1 radical (unpaired) electrons. The lowest BCUT2D eigenvalue weighted by Crippen LogP contribution is -2.07. The van der Waals surface area contributed by atoms with Crippen LogP contribution in [0.25, 0.3) is 0 Å². The van der Waals surface area contributed by atoms with Crippen LogP contribution >= 0.6 is 0 Å². The first kappa shape index (κ1) is 7.47. The van der Waals surface area contributed by atoms with E-state index in [-0.39, 0.29) is 6.04 Å². The maximum absolute atomic E-state index is 11.3. The van der Waals surface area contributed by atoms with Gasteiger partial charge in [0.15, 0.2) is 6.54 Å². The Hall–Kier alpha value is -1.18. The molecule has 1 aliphatic rings. The molecule has 1 aromatic rings. The highest BCUT2D eigenvalue weighted by Crippen LogP contribution is 2.27. The molecule has 0 aromatic heterocycles. The molecule has 0 spiro atoms. The normalized spacial score (nSPS) is 23.0. The minimum atomic E-state index is 0.0969. The fourth-order valence-corrected chi connectivity index (χ4v) is 1.70. The van der Waals surface area contributed by atoms with Crippen molar-refractivity contribution < 1.29 is 4.76 Å². The number of rotatable bonds is 1. The van der Waals surface area contributed by atoms with Crippen molar-refractivity contribution >= 4 is 0 Å². The van der Waals surface area contributed by atoms with Gasteiger partial charge in [-0.05, 0) is 6.07 Å². The van der Waals surface area contributed by atoms with Gasteiger partial charge in [-0.15, -0.1) is 0 Å². The Morgan fingerprint density at radius 1 is 1.42 bits per heavy atom. The molecule has 1 saturated heterocycles. The van der Waals surface area contributed by atoms with Crippen LogP contribution in [-0.4, -0.2) is 11.3 Å². The van der Waals surface area contributed by atoms with Gasteiger partial charge in [0.25, 0.3) is 0 Å². The lowest BCUT2D eigenvalue weighted by Gasteiger charge is -1.99. The van der Waals surface area contributed by atoms with Crippen LogP contribution in [0, 0.1) is 11.0 Å². The van der Waals surface area contributed by atoms with Gasteiger partial charge in [-0.3, -0.25) is 0 Å². The van der Waals surface area contributed by atoms with Gasteiger partial charge in [0.2, 0.25) is 6.04 Å². The van der Waals surface area contributed by atoms with Gasteiger partial charge in [0.1, 0.15) is 0 Å². The van der Waals surface area contributed by atoms with Crippen molar-refractivity contribution in [2.75, 3.05) is 6.54 Å². The van der Waals surface area contributed by atoms with Crippen LogP contribution in [0.2, 0.25) is 0 Å². The molecule has 2 rings (SSSR count). The third kappa shape index (κ3) is 1.24. The molecule has 0 amide bonds. The van der Waals surface area contributed by atoms with Gasteiger partial charge in [-0.1, -0.05) is 24.3 Å². The van der Waals surface area contributed by atoms with E-state index in [0.29, 0.717) is 6.54 Å². The van der Waals surface area contributed by atoms with E-state index in [1.165, 1.54) is 4.76 Å². The molecule has 1 fully saturated rings. The van der Waals surface area contributed by atoms with E-state index in [4.69, 9.17) is 0 Å². The standard InChI is InChI=1S/C10H11NO/c12-11-8-4-7-10(11)9-5-2-1-3-6-9/h2-3,5-6,10H,4,7-8H2/q+1. The van der Waals surface area contributed by atoms with E-state index in [1.54, 1.807) is 0 Å². The van der Waals surface area contributed by atoms with Gasteiger partial charge < -0.3 is 0 Å². The van der Waals surface area contributed by atoms with Gasteiger partial charge in [0, 0.05) is 28.1 Å². The summed E-state index contributed by atoms with van der Waals surface area (Å²) >= 11 is 0. The number of nitrogens with zero attached hydrogens (tertiary/aromatic N) is 1. The molecule has 0 bridgehead atoms. The van der Waals surface area contributed by atoms with Crippen LogP contribution in [0.1, 0.15) is 24.4 Å². The zero-order chi connectivity index (χ0) is 8.39. The molecular formula is C10H11NO+. The minimum Gasteiger partial charge on any atom is -0.0539 e. The summed E-state index contributed by atoms with van der Waals surface area (Å²) < 4.78 is 1.18. The Labute approximate surface area is 71.8 Å². The van der Waals surface area contributed by atoms with E-state index < -0.39 is 0 Å². The monoisotopic (exact) mass is 161 g/mol. The second-order valence-corrected chi connectivity index (χ2v) is 3.13. The van der Waals surface area contributed by atoms with Crippen molar-refractivity contribution in [1.29, 1.82) is 0 Å². The molecule has 0 saturated carbocycles. The van der Waals surface area contributed by atoms with Crippen LogP contribution in [0.4, 0.5) is 0 Å². The molecule has 1 aliphatic heterocycles. The van der Waals surface area contributed by atoms with Crippen molar-refractivity contribution in [2.24, 2.45) is 0 Å². The van der Waals surface area contributed by atoms with Crippen molar-refractivity contribution in [2.45, 2.75) is 18.9 Å². The molecule has 12 heavy (non-hydrogen) atoms. The van der Waals surface area contributed by atoms with E-state index >= 15 is 0 Å². The van der Waals surface area contributed by atoms with E-state index in [0.717, 1.165) is 18.4 Å². The Kier molecular flexibility index (Phi) is 1.90. The summed E-state index contributed by atoms with van der Waals surface area (Å²) in [4.78, 5) is 11.3. The van der Waals surface area contributed by atoms with Crippen LogP contribution in [0.3, 0.4) is 0 Å². The van der Waals surface area contributed by atoms with Crippen LogP contribution in [-0.2, 0) is 0 Å². The Morgan fingerprint density at radius 2 is 2.17 bits per heavy atom. The predicted octanol–water partition coefficient (Wildman–Crippen LogP) is 2.10. The molecule has 1 unspecified atom stereocenters. The van der Waals surface area contributed by atoms with Crippen LogP contribution < -0.4 is 0 Å². The molecule has 1 atom stereocenters. The van der Waals surface area contributed by atoms with E-state index in [9.17, 15) is 4.91 Å². The molecule has 2 heteroatoms. The van der Waals surface area contributed by atoms with E-state index in [2.05, 4.69) is 6.07 Å². The lowest BCUT2D eigenvalue weighted by molar-refractivity contribution is -0.570. The van der Waals surface area contributed by atoms with Crippen molar-refractivity contribution in [3.8, 4) is 0 Å². The summed E-state index contributed by atoms with van der Waals surface area (Å²) in [5.41, 5.74) is 1.13.